The predicted octanol–water partition coefficient (Wildman–Crippen LogP) is 3.07. The topological polar surface area (TPSA) is 77.5 Å². The van der Waals surface area contributed by atoms with Gasteiger partial charge in [-0.05, 0) is 0 Å². The lowest BCUT2D eigenvalue weighted by Gasteiger charge is -2.36. The molecule has 0 unspecified atom stereocenters. The molecule has 0 spiro atoms. The molecule has 0 bridgehead atoms. The van der Waals surface area contributed by atoms with Gasteiger partial charge in [0, 0.05) is 22.6 Å². The summed E-state index contributed by atoms with van der Waals surface area (Å²) in [7, 11) is -16.1. The Kier molecular flexibility index (Phi) is 5.88. The van der Waals surface area contributed by atoms with E-state index in [1.54, 1.807) is 4.74 Å². The molecule has 0 aliphatic rings. The van der Waals surface area contributed by atoms with Gasteiger partial charge in [0.05, 0.1) is 0 Å². The fourth-order valence-corrected chi connectivity index (χ4v) is 1.98. The molecular formula is C5F11IO5S2. The van der Waals surface area contributed by atoms with Crippen molar-refractivity contribution >= 4 is 43.0 Å². The average Bonchev–Trinajstić information content (AvgIpc) is 2.22. The Balaban J connectivity index is 6.81. The molecule has 0 aromatic carbocycles. The van der Waals surface area contributed by atoms with Crippen LogP contribution in [-0.2, 0) is 25.2 Å². The van der Waals surface area contributed by atoms with E-state index in [2.05, 4.69) is 0 Å². The van der Waals surface area contributed by atoms with Gasteiger partial charge in [0.1, 0.15) is 0 Å². The monoisotopic (exact) mass is 540 g/mol. The molecule has 0 amide bonds. The number of halogens is 12. The van der Waals surface area contributed by atoms with Crippen molar-refractivity contribution in [2.45, 2.75) is 26.4 Å². The summed E-state index contributed by atoms with van der Waals surface area (Å²) in [5, 5.41) is -15.1. The summed E-state index contributed by atoms with van der Waals surface area (Å²) in [4.78, 5) is 0. The summed E-state index contributed by atoms with van der Waals surface area (Å²) in [6, 6.07) is 0. The first-order chi connectivity index (χ1) is 9.96. The zero-order valence-electron chi connectivity index (χ0n) is 9.89. The Morgan fingerprint density at radius 1 is 0.667 bits per heavy atom. The Morgan fingerprint density at radius 2 is 0.917 bits per heavy atom. The molecule has 24 heavy (non-hydrogen) atoms. The van der Waals surface area contributed by atoms with Crippen molar-refractivity contribution in [2.75, 3.05) is 0 Å². The first-order valence-corrected chi connectivity index (χ1v) is 8.28. The number of rotatable bonds is 7. The molecular weight excluding hydrogens is 540 g/mol. The van der Waals surface area contributed by atoms with Crippen LogP contribution in [-0.4, -0.2) is 43.2 Å². The second-order valence-electron chi connectivity index (χ2n) is 3.62. The van der Waals surface area contributed by atoms with Crippen LogP contribution in [0.25, 0.3) is 0 Å². The van der Waals surface area contributed by atoms with E-state index >= 15 is 0 Å². The minimum Gasteiger partial charge on any atom is -0.265 e. The molecule has 0 rings (SSSR count). The van der Waals surface area contributed by atoms with Crippen LogP contribution in [0.1, 0.15) is 0 Å². The van der Waals surface area contributed by atoms with Crippen LogP contribution in [0.3, 0.4) is 0 Å². The first kappa shape index (κ1) is 23.8. The maximum absolute atomic E-state index is 13.6. The van der Waals surface area contributed by atoms with Crippen molar-refractivity contribution in [3.63, 3.8) is 0 Å². The quantitative estimate of drug-likeness (QED) is 0.215. The summed E-state index contributed by atoms with van der Waals surface area (Å²) < 4.78 is 176. The lowest BCUT2D eigenvalue weighted by Crippen LogP contribution is -2.66. The Morgan fingerprint density at radius 3 is 1.08 bits per heavy atom. The van der Waals surface area contributed by atoms with Gasteiger partial charge in [-0.3, -0.25) is 4.74 Å². The van der Waals surface area contributed by atoms with Crippen molar-refractivity contribution in [2.24, 2.45) is 0 Å². The van der Waals surface area contributed by atoms with Gasteiger partial charge in [-0.1, -0.05) is 7.77 Å². The molecule has 0 aromatic heterocycles. The number of hydrogen-bond donors (Lipinski definition) is 0. The third kappa shape index (κ3) is 3.66. The van der Waals surface area contributed by atoms with E-state index in [9.17, 15) is 64.1 Å². The highest BCUT2D eigenvalue weighted by atomic mass is 127. The van der Waals surface area contributed by atoms with E-state index in [0.29, 0.717) is 0 Å². The molecule has 0 aromatic rings. The van der Waals surface area contributed by atoms with Crippen molar-refractivity contribution in [1.82, 2.24) is 0 Å². The lowest BCUT2D eigenvalue weighted by molar-refractivity contribution is -0.429. The molecule has 0 atom stereocenters. The van der Waals surface area contributed by atoms with E-state index in [-0.39, 0.29) is 0 Å². The highest BCUT2D eigenvalue weighted by Gasteiger charge is 2.86. The summed E-state index contributed by atoms with van der Waals surface area (Å²) in [6.07, 6.45) is -6.77. The van der Waals surface area contributed by atoms with Gasteiger partial charge in [0.25, 0.3) is 0 Å². The van der Waals surface area contributed by atoms with Crippen molar-refractivity contribution in [3.8, 4) is 0 Å². The predicted molar refractivity (Wildman–Crippen MR) is 58.8 cm³/mol. The highest BCUT2D eigenvalue weighted by Crippen LogP contribution is 2.55. The molecule has 0 radical (unpaired) electrons. The zero-order chi connectivity index (χ0) is 20.2. The third-order valence-corrected chi connectivity index (χ3v) is 4.34. The molecule has 5 nitrogen and oxygen atoms in total. The van der Waals surface area contributed by atoms with Crippen LogP contribution in [0.5, 0.6) is 0 Å². The summed E-state index contributed by atoms with van der Waals surface area (Å²) in [5.74, 6) is -7.63. The van der Waals surface area contributed by atoms with Crippen LogP contribution in [0, 0.1) is 0 Å². The van der Waals surface area contributed by atoms with Gasteiger partial charge < -0.3 is 0 Å². The van der Waals surface area contributed by atoms with Crippen molar-refractivity contribution < 1.29 is 68.9 Å². The van der Waals surface area contributed by atoms with E-state index in [1.807, 2.05) is 0 Å². The van der Waals surface area contributed by atoms with Crippen LogP contribution < -0.4 is 0 Å². The number of hydrogen-bond acceptors (Lipinski definition) is 5. The lowest BCUT2D eigenvalue weighted by atomic mass is 10.3. The molecule has 0 N–H and O–H groups in total. The van der Waals surface area contributed by atoms with Crippen LogP contribution in [0.4, 0.5) is 47.3 Å². The molecule has 0 saturated heterocycles. The first-order valence-electron chi connectivity index (χ1n) is 4.43. The molecule has 146 valence electrons. The fraction of sp³-hybridized carbons (Fsp3) is 1.00. The molecule has 0 saturated carbocycles. The van der Waals surface area contributed by atoms with E-state index < -0.39 is 69.4 Å². The van der Waals surface area contributed by atoms with E-state index in [4.69, 9.17) is 0 Å². The number of alkyl halides is 10. The van der Waals surface area contributed by atoms with Crippen molar-refractivity contribution in [1.29, 1.82) is 0 Å². The molecule has 0 heterocycles. The summed E-state index contributed by atoms with van der Waals surface area (Å²) in [6.45, 7) is 0. The SMILES string of the molecule is O=S(=O)(F)C(F)(F)C(F)(OC(F)(F)C(F)(F)I)C(F)(F)S(=O)(=O)F. The molecule has 0 fully saturated rings. The Labute approximate surface area is 138 Å². The van der Waals surface area contributed by atoms with Crippen molar-refractivity contribution in [3.05, 3.63) is 0 Å². The standard InChI is InChI=1S/C5F11IO5S2/c6-1(4(11,12)23(15,18)19,5(13,14)24(16,20)21)22-3(9,10)2(7,8)17. The van der Waals surface area contributed by atoms with Gasteiger partial charge in [-0.15, -0.1) is 0 Å². The van der Waals surface area contributed by atoms with Crippen LogP contribution in [0.2, 0.25) is 0 Å². The molecule has 0 aliphatic carbocycles. The highest BCUT2D eigenvalue weighted by molar-refractivity contribution is 14.1. The minimum atomic E-state index is -8.05. The van der Waals surface area contributed by atoms with E-state index in [0.717, 1.165) is 0 Å². The third-order valence-electron chi connectivity index (χ3n) is 1.96. The molecule has 19 heteroatoms. The van der Waals surface area contributed by atoms with Gasteiger partial charge in [0.15, 0.2) is 0 Å². The second kappa shape index (κ2) is 5.93. The van der Waals surface area contributed by atoms with Crippen LogP contribution in [0.15, 0.2) is 0 Å². The summed E-state index contributed by atoms with van der Waals surface area (Å²) >= 11 is -0.694. The van der Waals surface area contributed by atoms with E-state index in [1.165, 1.54) is 0 Å². The smallest absolute Gasteiger partial charge is 0.265 e. The summed E-state index contributed by atoms with van der Waals surface area (Å²) in [5.41, 5.74) is 0. The fourth-order valence-electron chi connectivity index (χ4n) is 0.836. The average molecular weight is 540 g/mol. The minimum absolute atomic E-state index is 0.694. The Hall–Kier alpha value is -0.180. The maximum atomic E-state index is 13.6. The Bertz CT molecular complexity index is 651. The number of ether oxygens (including phenoxy) is 1. The largest absolute Gasteiger partial charge is 0.439 e. The van der Waals surface area contributed by atoms with Gasteiger partial charge in [-0.2, -0.15) is 56.3 Å². The maximum Gasteiger partial charge on any atom is 0.439 e. The van der Waals surface area contributed by atoms with Gasteiger partial charge in [-0.25, -0.2) is 0 Å². The zero-order valence-corrected chi connectivity index (χ0v) is 13.7. The van der Waals surface area contributed by atoms with Gasteiger partial charge >= 0.3 is 46.8 Å². The normalized spacial score (nSPS) is 16.3. The second-order valence-corrected chi connectivity index (χ2v) is 7.75. The van der Waals surface area contributed by atoms with Crippen LogP contribution >= 0.6 is 22.6 Å². The molecule has 0 aliphatic heterocycles. The van der Waals surface area contributed by atoms with Gasteiger partial charge in [0.2, 0.25) is 0 Å².